The molecule has 1 aromatic heterocycles. The van der Waals surface area contributed by atoms with E-state index in [-0.39, 0.29) is 33.9 Å². The zero-order chi connectivity index (χ0) is 47.4. The first-order valence-corrected chi connectivity index (χ1v) is 25.2. The maximum Gasteiger partial charge on any atom is 0.252 e. The number of rotatable bonds is 3. The topological polar surface area (TPSA) is 22.9 Å². The Hall–Kier alpha value is -6.20. The molecule has 0 bridgehead atoms. The lowest BCUT2D eigenvalue weighted by Gasteiger charge is -2.50. The second kappa shape index (κ2) is 14.4. The highest BCUT2D eigenvalue weighted by Crippen LogP contribution is 2.61. The van der Waals surface area contributed by atoms with Crippen LogP contribution < -0.4 is 31.1 Å². The summed E-state index contributed by atoms with van der Waals surface area (Å²) in [5.41, 5.74) is 22.5. The van der Waals surface area contributed by atoms with Crippen LogP contribution in [0, 0.1) is 6.92 Å². The predicted octanol–water partition coefficient (Wildman–Crippen LogP) is 15.6. The number of benzene rings is 7. The highest BCUT2D eigenvalue weighted by atomic mass is 16.3. The molecular formula is C63H66BN3O. The van der Waals surface area contributed by atoms with Crippen LogP contribution in [-0.2, 0) is 21.7 Å². The van der Waals surface area contributed by atoms with E-state index in [2.05, 4.69) is 231 Å². The van der Waals surface area contributed by atoms with Gasteiger partial charge in [0.25, 0.3) is 6.71 Å². The molecule has 68 heavy (non-hydrogen) atoms. The molecule has 3 aliphatic heterocycles. The Kier molecular flexibility index (Phi) is 9.14. The molecule has 4 aliphatic rings. The van der Waals surface area contributed by atoms with E-state index in [1.165, 1.54) is 103 Å². The second-order valence-corrected chi connectivity index (χ2v) is 24.3. The van der Waals surface area contributed by atoms with Crippen LogP contribution in [0.5, 0.6) is 0 Å². The third-order valence-electron chi connectivity index (χ3n) is 16.9. The van der Waals surface area contributed by atoms with Crippen LogP contribution in [0.3, 0.4) is 0 Å². The number of hydrogen-bond donors (Lipinski definition) is 0. The Bertz CT molecular complexity index is 3380. The third kappa shape index (κ3) is 6.19. The van der Waals surface area contributed by atoms with E-state index in [9.17, 15) is 0 Å². The van der Waals surface area contributed by atoms with E-state index in [0.29, 0.717) is 0 Å². The summed E-state index contributed by atoms with van der Waals surface area (Å²) in [4.78, 5) is 7.90. The summed E-state index contributed by atoms with van der Waals surface area (Å²) in [6, 6.07) is 51.8. The highest BCUT2D eigenvalue weighted by molar-refractivity contribution is 7.00. The predicted molar refractivity (Wildman–Crippen MR) is 291 cm³/mol. The van der Waals surface area contributed by atoms with Crippen molar-refractivity contribution in [3.05, 3.63) is 161 Å². The number of fused-ring (bicyclic) bond motifs is 10. The highest BCUT2D eigenvalue weighted by Gasteiger charge is 2.58. The van der Waals surface area contributed by atoms with Crippen LogP contribution in [0.4, 0.5) is 45.5 Å². The molecule has 342 valence electrons. The summed E-state index contributed by atoms with van der Waals surface area (Å²) in [6.45, 7) is 28.4. The van der Waals surface area contributed by atoms with Gasteiger partial charge >= 0.3 is 0 Å². The van der Waals surface area contributed by atoms with Crippen LogP contribution in [0.2, 0.25) is 0 Å². The minimum absolute atomic E-state index is 0.00831. The number of anilines is 8. The van der Waals surface area contributed by atoms with Crippen molar-refractivity contribution in [2.75, 3.05) is 14.7 Å². The quantitative estimate of drug-likeness (QED) is 0.165. The van der Waals surface area contributed by atoms with E-state index in [1.54, 1.807) is 0 Å². The van der Waals surface area contributed by atoms with Crippen LogP contribution in [-0.4, -0.2) is 12.3 Å². The van der Waals surface area contributed by atoms with Gasteiger partial charge in [-0.05, 0) is 154 Å². The van der Waals surface area contributed by atoms with Crippen molar-refractivity contribution in [3.8, 4) is 0 Å². The maximum atomic E-state index is 6.58. The van der Waals surface area contributed by atoms with Gasteiger partial charge in [-0.15, -0.1) is 0 Å². The summed E-state index contributed by atoms with van der Waals surface area (Å²) in [6.07, 6.45) is 4.86. The summed E-state index contributed by atoms with van der Waals surface area (Å²) in [5.74, 6) is 0. The molecule has 1 saturated carbocycles. The van der Waals surface area contributed by atoms with Crippen molar-refractivity contribution in [1.29, 1.82) is 0 Å². The molecule has 5 heteroatoms. The lowest BCUT2D eigenvalue weighted by atomic mass is 9.33. The Balaban J connectivity index is 1.12. The van der Waals surface area contributed by atoms with Gasteiger partial charge in [0.1, 0.15) is 11.2 Å². The number of furan rings is 1. The zero-order valence-corrected chi connectivity index (χ0v) is 42.4. The van der Waals surface area contributed by atoms with Crippen molar-refractivity contribution in [2.45, 2.75) is 136 Å². The fraction of sp³-hybridized carbons (Fsp3) is 0.333. The average molecular weight is 892 g/mol. The molecule has 0 spiro atoms. The van der Waals surface area contributed by atoms with Gasteiger partial charge in [0, 0.05) is 67.8 Å². The van der Waals surface area contributed by atoms with Crippen molar-refractivity contribution < 1.29 is 4.42 Å². The molecule has 4 heterocycles. The Morgan fingerprint density at radius 1 is 0.485 bits per heavy atom. The standard InChI is InChI=1S/C63H66BN3O/c1-39-33-54-58-55(34-39)66(44-25-27-47-46-17-13-14-18-56(46)68-57(47)38-44)52-30-22-42(61(8,9)10)36-50(52)64(58)49-28-26-45(37-53(49)65(54)43-23-19-40(20-24-43)59(2,3)4)67-51-29-21-41(60(5,6)7)35-48(51)62(11)31-15-16-32-63(62,67)12/h13-14,17-30,33-38H,15-16,31-32H2,1-12H3. The fourth-order valence-corrected chi connectivity index (χ4v) is 12.9. The zero-order valence-electron chi connectivity index (χ0n) is 42.4. The molecule has 0 radical (unpaired) electrons. The molecule has 2 unspecified atom stereocenters. The van der Waals surface area contributed by atoms with Crippen molar-refractivity contribution in [1.82, 2.24) is 0 Å². The molecular weight excluding hydrogens is 826 g/mol. The lowest BCUT2D eigenvalue weighted by Crippen LogP contribution is -2.61. The smallest absolute Gasteiger partial charge is 0.252 e. The van der Waals surface area contributed by atoms with Crippen molar-refractivity contribution >= 4 is 90.5 Å². The van der Waals surface area contributed by atoms with E-state index in [1.807, 2.05) is 0 Å². The summed E-state index contributed by atoms with van der Waals surface area (Å²) in [7, 11) is 0. The van der Waals surface area contributed by atoms with Crippen LogP contribution in [0.1, 0.15) is 130 Å². The van der Waals surface area contributed by atoms with Gasteiger partial charge in [-0.2, -0.15) is 0 Å². The van der Waals surface area contributed by atoms with Crippen LogP contribution >= 0.6 is 0 Å². The minimum Gasteiger partial charge on any atom is -0.456 e. The molecule has 7 aromatic carbocycles. The minimum atomic E-state index is -0.0751. The fourth-order valence-electron chi connectivity index (χ4n) is 12.9. The average Bonchev–Trinajstić information content (AvgIpc) is 3.76. The molecule has 1 fully saturated rings. The Morgan fingerprint density at radius 2 is 1.07 bits per heavy atom. The van der Waals surface area contributed by atoms with Gasteiger partial charge in [0.15, 0.2) is 0 Å². The molecule has 2 atom stereocenters. The van der Waals surface area contributed by atoms with E-state index in [0.717, 1.165) is 34.0 Å². The second-order valence-electron chi connectivity index (χ2n) is 24.3. The van der Waals surface area contributed by atoms with Crippen LogP contribution in [0.15, 0.2) is 138 Å². The van der Waals surface area contributed by atoms with Crippen LogP contribution in [0.25, 0.3) is 21.9 Å². The molecule has 0 N–H and O–H groups in total. The first-order chi connectivity index (χ1) is 32.2. The molecule has 0 saturated heterocycles. The van der Waals surface area contributed by atoms with E-state index < -0.39 is 0 Å². The molecule has 1 aliphatic carbocycles. The lowest BCUT2D eigenvalue weighted by molar-refractivity contribution is 0.195. The van der Waals surface area contributed by atoms with Gasteiger partial charge in [-0.25, -0.2) is 0 Å². The summed E-state index contributed by atoms with van der Waals surface area (Å²) < 4.78 is 6.58. The number of aryl methyl sites for hydroxylation is 1. The van der Waals surface area contributed by atoms with E-state index in [4.69, 9.17) is 4.42 Å². The normalized spacial score (nSPS) is 19.8. The largest absolute Gasteiger partial charge is 0.456 e. The molecule has 0 amide bonds. The van der Waals surface area contributed by atoms with Gasteiger partial charge in [0.2, 0.25) is 0 Å². The first kappa shape index (κ1) is 43.1. The summed E-state index contributed by atoms with van der Waals surface area (Å²) >= 11 is 0. The summed E-state index contributed by atoms with van der Waals surface area (Å²) in [5, 5.41) is 2.29. The molecule has 4 nitrogen and oxygen atoms in total. The monoisotopic (exact) mass is 892 g/mol. The van der Waals surface area contributed by atoms with Gasteiger partial charge in [-0.1, -0.05) is 143 Å². The SMILES string of the molecule is Cc1cc2c3c(c1)N(c1ccc(C(C)(C)C)cc1)c1cc(N4c5ccc(C(C)(C)C)cc5C5(C)CCCCC45C)ccc1B3c1cc(C(C)(C)C)ccc1N2c1ccc2c(c1)oc1ccccc12. The Labute approximate surface area is 405 Å². The van der Waals surface area contributed by atoms with Gasteiger partial charge in [0.05, 0.1) is 5.54 Å². The molecule has 12 rings (SSSR count). The van der Waals surface area contributed by atoms with Crippen molar-refractivity contribution in [3.63, 3.8) is 0 Å². The maximum absolute atomic E-state index is 6.58. The molecule has 8 aromatic rings. The third-order valence-corrected chi connectivity index (χ3v) is 16.9. The number of para-hydroxylation sites is 1. The van der Waals surface area contributed by atoms with E-state index >= 15 is 0 Å². The Morgan fingerprint density at radius 3 is 1.78 bits per heavy atom. The first-order valence-electron chi connectivity index (χ1n) is 25.2. The van der Waals surface area contributed by atoms with Gasteiger partial charge in [-0.3, -0.25) is 0 Å². The number of nitrogens with zero attached hydrogens (tertiary/aromatic N) is 3. The number of hydrogen-bond acceptors (Lipinski definition) is 4. The van der Waals surface area contributed by atoms with Crippen molar-refractivity contribution in [2.24, 2.45) is 0 Å². The van der Waals surface area contributed by atoms with Gasteiger partial charge < -0.3 is 19.1 Å².